The maximum absolute atomic E-state index is 12.4. The third-order valence-corrected chi connectivity index (χ3v) is 4.34. The molecular weight excluding hydrogens is 236 g/mol. The van der Waals surface area contributed by atoms with Gasteiger partial charge in [0.2, 0.25) is 5.91 Å². The van der Waals surface area contributed by atoms with Gasteiger partial charge < -0.3 is 10.2 Å². The van der Waals surface area contributed by atoms with Gasteiger partial charge in [-0.2, -0.15) is 0 Å². The summed E-state index contributed by atoms with van der Waals surface area (Å²) in [5.74, 6) is 0.270. The number of nitrogens with one attached hydrogen (secondary N) is 1. The van der Waals surface area contributed by atoms with E-state index in [-0.39, 0.29) is 5.91 Å². The van der Waals surface area contributed by atoms with Gasteiger partial charge in [0.1, 0.15) is 0 Å². The van der Waals surface area contributed by atoms with Gasteiger partial charge in [-0.15, -0.1) is 0 Å². The highest BCUT2D eigenvalue weighted by Crippen LogP contribution is 2.23. The van der Waals surface area contributed by atoms with Gasteiger partial charge in [-0.3, -0.25) is 4.79 Å². The largest absolute Gasteiger partial charge is 0.337 e. The molecule has 0 unspecified atom stereocenters. The predicted octanol–water partition coefficient (Wildman–Crippen LogP) is 1.54. The van der Waals surface area contributed by atoms with Crippen molar-refractivity contribution in [1.82, 2.24) is 10.2 Å². The Kier molecular flexibility index (Phi) is 3.56. The first-order valence-electron chi connectivity index (χ1n) is 7.35. The molecule has 0 radical (unpaired) electrons. The molecule has 1 amide bonds. The Hall–Kier alpha value is -1.35. The second-order valence-corrected chi connectivity index (χ2v) is 5.77. The van der Waals surface area contributed by atoms with Crippen LogP contribution in [0.25, 0.3) is 0 Å². The normalized spacial score (nSPS) is 22.4. The van der Waals surface area contributed by atoms with Crippen molar-refractivity contribution < 1.29 is 4.79 Å². The van der Waals surface area contributed by atoms with E-state index in [2.05, 4.69) is 30.4 Å². The zero-order valence-electron chi connectivity index (χ0n) is 11.6. The van der Waals surface area contributed by atoms with Gasteiger partial charge in [0.05, 0.1) is 6.42 Å². The van der Waals surface area contributed by atoms with E-state index in [1.807, 2.05) is 4.90 Å². The first-order chi connectivity index (χ1) is 9.24. The van der Waals surface area contributed by atoms with Crippen molar-refractivity contribution >= 4 is 5.91 Å². The van der Waals surface area contributed by atoms with Crippen molar-refractivity contribution in [3.63, 3.8) is 0 Å². The van der Waals surface area contributed by atoms with E-state index in [4.69, 9.17) is 0 Å². The molecule has 1 atom stereocenters. The van der Waals surface area contributed by atoms with Crippen LogP contribution >= 0.6 is 0 Å². The fraction of sp³-hybridized carbons (Fsp3) is 0.562. The van der Waals surface area contributed by atoms with Gasteiger partial charge in [0.25, 0.3) is 0 Å². The van der Waals surface area contributed by atoms with E-state index in [1.54, 1.807) is 0 Å². The fourth-order valence-electron chi connectivity index (χ4n) is 3.22. The molecule has 2 aliphatic rings. The molecule has 1 fully saturated rings. The van der Waals surface area contributed by atoms with Crippen molar-refractivity contribution in [1.29, 1.82) is 0 Å². The number of carbonyl (C=O) groups excluding carboxylic acids is 1. The average molecular weight is 258 g/mol. The zero-order valence-corrected chi connectivity index (χ0v) is 11.6. The molecule has 0 saturated carbocycles. The molecular formula is C16H22N2O. The van der Waals surface area contributed by atoms with Crippen molar-refractivity contribution in [3.8, 4) is 0 Å². The summed E-state index contributed by atoms with van der Waals surface area (Å²) in [6, 6.07) is 6.91. The summed E-state index contributed by atoms with van der Waals surface area (Å²) in [7, 11) is 0. The quantitative estimate of drug-likeness (QED) is 0.872. The number of aryl methyl sites for hydroxylation is 2. The van der Waals surface area contributed by atoms with Crippen LogP contribution in [0.3, 0.4) is 0 Å². The molecule has 0 bridgehead atoms. The molecule has 102 valence electrons. The summed E-state index contributed by atoms with van der Waals surface area (Å²) in [5.41, 5.74) is 4.11. The lowest BCUT2D eigenvalue weighted by atomic mass is 10.0. The monoisotopic (exact) mass is 258 g/mol. The van der Waals surface area contributed by atoms with Crippen molar-refractivity contribution in [2.24, 2.45) is 0 Å². The van der Waals surface area contributed by atoms with Gasteiger partial charge in [-0.25, -0.2) is 0 Å². The van der Waals surface area contributed by atoms with Crippen LogP contribution in [0.15, 0.2) is 18.2 Å². The van der Waals surface area contributed by atoms with Gasteiger partial charge >= 0.3 is 0 Å². The fourth-order valence-corrected chi connectivity index (χ4v) is 3.22. The molecule has 3 nitrogen and oxygen atoms in total. The molecule has 1 aromatic carbocycles. The number of amides is 1. The Morgan fingerprint density at radius 2 is 2.21 bits per heavy atom. The Morgan fingerprint density at radius 1 is 1.37 bits per heavy atom. The molecule has 1 N–H and O–H groups in total. The molecule has 19 heavy (non-hydrogen) atoms. The second kappa shape index (κ2) is 5.33. The Morgan fingerprint density at radius 3 is 3.05 bits per heavy atom. The molecule has 3 rings (SSSR count). The van der Waals surface area contributed by atoms with E-state index in [9.17, 15) is 4.79 Å². The highest BCUT2D eigenvalue weighted by molar-refractivity contribution is 5.79. The summed E-state index contributed by atoms with van der Waals surface area (Å²) in [4.78, 5) is 14.4. The molecule has 1 aromatic rings. The standard InChI is InChI=1S/C16H22N2O/c1-12-11-17-7-8-18(12)16(19)10-13-5-6-14-3-2-4-15(14)9-13/h5-6,9,12,17H,2-4,7-8,10-11H2,1H3/t12-/m0/s1. The summed E-state index contributed by atoms with van der Waals surface area (Å²) < 4.78 is 0. The van der Waals surface area contributed by atoms with Crippen LogP contribution in [0.2, 0.25) is 0 Å². The SMILES string of the molecule is C[C@H]1CNCCN1C(=O)Cc1ccc2c(c1)CCC2. The number of hydrogen-bond donors (Lipinski definition) is 1. The first kappa shape index (κ1) is 12.7. The van der Waals surface area contributed by atoms with Crippen molar-refractivity contribution in [3.05, 3.63) is 34.9 Å². The minimum atomic E-state index is 0.270. The molecule has 0 spiro atoms. The van der Waals surface area contributed by atoms with Crippen LogP contribution < -0.4 is 5.32 Å². The number of fused-ring (bicyclic) bond motifs is 1. The smallest absolute Gasteiger partial charge is 0.227 e. The second-order valence-electron chi connectivity index (χ2n) is 5.77. The Balaban J connectivity index is 1.69. The highest BCUT2D eigenvalue weighted by atomic mass is 16.2. The third kappa shape index (κ3) is 2.66. The number of benzene rings is 1. The average Bonchev–Trinajstić information content (AvgIpc) is 2.86. The maximum Gasteiger partial charge on any atom is 0.227 e. The minimum Gasteiger partial charge on any atom is -0.337 e. The van der Waals surface area contributed by atoms with E-state index in [0.29, 0.717) is 12.5 Å². The van der Waals surface area contributed by atoms with E-state index in [0.717, 1.165) is 19.6 Å². The predicted molar refractivity (Wildman–Crippen MR) is 76.2 cm³/mol. The van der Waals surface area contributed by atoms with E-state index >= 15 is 0 Å². The van der Waals surface area contributed by atoms with Gasteiger partial charge in [0, 0.05) is 25.7 Å². The summed E-state index contributed by atoms with van der Waals surface area (Å²) in [6.07, 6.45) is 4.21. The Bertz CT molecular complexity index is 484. The van der Waals surface area contributed by atoms with Crippen LogP contribution in [0.5, 0.6) is 0 Å². The number of rotatable bonds is 2. The van der Waals surface area contributed by atoms with Gasteiger partial charge in [-0.1, -0.05) is 18.2 Å². The molecule has 1 heterocycles. The summed E-state index contributed by atoms with van der Waals surface area (Å²) >= 11 is 0. The zero-order chi connectivity index (χ0) is 13.2. The number of piperazine rings is 1. The maximum atomic E-state index is 12.4. The molecule has 3 heteroatoms. The third-order valence-electron chi connectivity index (χ3n) is 4.34. The van der Waals surface area contributed by atoms with Crippen molar-refractivity contribution in [2.45, 2.75) is 38.6 Å². The topological polar surface area (TPSA) is 32.3 Å². The van der Waals surface area contributed by atoms with Gasteiger partial charge in [-0.05, 0) is 42.9 Å². The van der Waals surface area contributed by atoms with Crippen LogP contribution in [0.1, 0.15) is 30.0 Å². The molecule has 1 aliphatic heterocycles. The minimum absolute atomic E-state index is 0.270. The highest BCUT2D eigenvalue weighted by Gasteiger charge is 2.23. The summed E-state index contributed by atoms with van der Waals surface area (Å²) in [5, 5.41) is 3.32. The van der Waals surface area contributed by atoms with Crippen LogP contribution in [0, 0.1) is 0 Å². The lowest BCUT2D eigenvalue weighted by Gasteiger charge is -2.34. The molecule has 0 aromatic heterocycles. The lowest BCUT2D eigenvalue weighted by Crippen LogP contribution is -2.52. The van der Waals surface area contributed by atoms with Gasteiger partial charge in [0.15, 0.2) is 0 Å². The van der Waals surface area contributed by atoms with Crippen LogP contribution in [-0.4, -0.2) is 36.5 Å². The molecule has 1 aliphatic carbocycles. The first-order valence-corrected chi connectivity index (χ1v) is 7.35. The lowest BCUT2D eigenvalue weighted by molar-refractivity contribution is -0.133. The van der Waals surface area contributed by atoms with E-state index < -0.39 is 0 Å². The number of nitrogens with zero attached hydrogens (tertiary/aromatic N) is 1. The van der Waals surface area contributed by atoms with E-state index in [1.165, 1.54) is 36.0 Å². The van der Waals surface area contributed by atoms with Crippen LogP contribution in [-0.2, 0) is 24.1 Å². The molecule has 1 saturated heterocycles. The van der Waals surface area contributed by atoms with Crippen molar-refractivity contribution in [2.75, 3.05) is 19.6 Å². The summed E-state index contributed by atoms with van der Waals surface area (Å²) in [6.45, 7) is 4.79. The number of hydrogen-bond acceptors (Lipinski definition) is 2. The van der Waals surface area contributed by atoms with Crippen LogP contribution in [0.4, 0.5) is 0 Å². The Labute approximate surface area is 115 Å². The number of carbonyl (C=O) groups is 1.